The van der Waals surface area contributed by atoms with Crippen molar-refractivity contribution in [1.29, 1.82) is 0 Å². The molecule has 2 rings (SSSR count). The topological polar surface area (TPSA) is 15.3 Å². The molecule has 11 heteroatoms. The molecule has 1 aromatic rings. The van der Waals surface area contributed by atoms with Crippen molar-refractivity contribution in [2.24, 2.45) is 0 Å². The highest BCUT2D eigenvalue weighted by Crippen LogP contribution is 2.42. The Kier molecular flexibility index (Phi) is 8.85. The highest BCUT2D eigenvalue weighted by molar-refractivity contribution is 9.10. The Morgan fingerprint density at radius 1 is 1.00 bits per heavy atom. The van der Waals surface area contributed by atoms with Gasteiger partial charge >= 0.3 is 12.4 Å². The van der Waals surface area contributed by atoms with E-state index >= 15 is 0 Å². The van der Waals surface area contributed by atoms with Gasteiger partial charge in [0, 0.05) is 30.7 Å². The van der Waals surface area contributed by atoms with Crippen molar-refractivity contribution >= 4 is 40.7 Å². The van der Waals surface area contributed by atoms with Crippen LogP contribution in [0.5, 0.6) is 0 Å². The molecule has 1 N–H and O–H groups in total. The van der Waals surface area contributed by atoms with Gasteiger partial charge < -0.3 is 5.32 Å². The number of hydrogen-bond acceptors (Lipinski definition) is 2. The van der Waals surface area contributed by atoms with Crippen molar-refractivity contribution in [3.05, 3.63) is 33.8 Å². The minimum absolute atomic E-state index is 0. The molecule has 1 aliphatic heterocycles. The third kappa shape index (κ3) is 5.66. The summed E-state index contributed by atoms with van der Waals surface area (Å²) in [5.41, 5.74) is -1.50. The van der Waals surface area contributed by atoms with E-state index < -0.39 is 29.5 Å². The van der Waals surface area contributed by atoms with Crippen LogP contribution >= 0.6 is 40.7 Å². The molecule has 1 fully saturated rings. The number of alkyl halides is 6. The molecule has 0 aliphatic carbocycles. The van der Waals surface area contributed by atoms with Gasteiger partial charge in [0.2, 0.25) is 0 Å². The van der Waals surface area contributed by atoms with Crippen molar-refractivity contribution in [2.45, 2.75) is 18.4 Å². The third-order valence-corrected chi connectivity index (χ3v) is 4.17. The Morgan fingerprint density at radius 3 is 2.00 bits per heavy atom. The lowest BCUT2D eigenvalue weighted by atomic mass is 10.0. The molecule has 0 amide bonds. The number of nitrogens with one attached hydrogen (secondary N) is 1. The average Bonchev–Trinajstić information content (AvgIpc) is 2.39. The summed E-state index contributed by atoms with van der Waals surface area (Å²) in [6.07, 6.45) is -9.35. The number of halogens is 9. The van der Waals surface area contributed by atoms with Crippen LogP contribution in [0.1, 0.15) is 17.2 Å². The zero-order chi connectivity index (χ0) is 16.5. The molecule has 1 aliphatic rings. The lowest BCUT2D eigenvalue weighted by Gasteiger charge is -2.36. The van der Waals surface area contributed by atoms with E-state index in [2.05, 4.69) is 21.2 Å². The van der Waals surface area contributed by atoms with Gasteiger partial charge in [-0.1, -0.05) is 15.9 Å². The predicted octanol–water partition coefficient (Wildman–Crippen LogP) is 4.82. The smallest absolute Gasteiger partial charge is 0.314 e. The van der Waals surface area contributed by atoms with Crippen LogP contribution in [0.25, 0.3) is 0 Å². The van der Waals surface area contributed by atoms with Gasteiger partial charge in [0.05, 0.1) is 5.56 Å². The first-order valence-electron chi connectivity index (χ1n) is 6.49. The minimum atomic E-state index is -4.69. The maximum absolute atomic E-state index is 13.4. The molecule has 2 nitrogen and oxygen atoms in total. The van der Waals surface area contributed by atoms with Gasteiger partial charge in [0.25, 0.3) is 0 Å². The third-order valence-electron chi connectivity index (χ3n) is 3.44. The molecule has 1 saturated heterocycles. The summed E-state index contributed by atoms with van der Waals surface area (Å²) in [6.45, 7) is 0.964. The van der Waals surface area contributed by atoms with E-state index in [-0.39, 0.29) is 42.4 Å². The lowest BCUT2D eigenvalue weighted by molar-refractivity contribution is -0.188. The summed E-state index contributed by atoms with van der Waals surface area (Å²) in [5.74, 6) is 0. The van der Waals surface area contributed by atoms with Crippen molar-refractivity contribution in [2.75, 3.05) is 26.2 Å². The van der Waals surface area contributed by atoms with Crippen LogP contribution in [0.2, 0.25) is 0 Å². The Morgan fingerprint density at radius 2 is 1.54 bits per heavy atom. The molecule has 0 saturated carbocycles. The van der Waals surface area contributed by atoms with Crippen LogP contribution in [-0.4, -0.2) is 37.3 Å². The first-order chi connectivity index (χ1) is 10.1. The van der Waals surface area contributed by atoms with E-state index in [4.69, 9.17) is 0 Å². The first-order valence-corrected chi connectivity index (χ1v) is 7.28. The minimum Gasteiger partial charge on any atom is -0.314 e. The normalized spacial score (nSPS) is 17.6. The quantitative estimate of drug-likeness (QED) is 0.632. The second-order valence-electron chi connectivity index (χ2n) is 4.96. The second-order valence-corrected chi connectivity index (χ2v) is 5.82. The Bertz CT molecular complexity index is 532. The summed E-state index contributed by atoms with van der Waals surface area (Å²) in [4.78, 5) is 1.15. The summed E-state index contributed by atoms with van der Waals surface area (Å²) in [7, 11) is 0. The maximum Gasteiger partial charge on any atom is 0.416 e. The molecule has 1 atom stereocenters. The van der Waals surface area contributed by atoms with Gasteiger partial charge in [-0.3, -0.25) is 4.90 Å². The van der Waals surface area contributed by atoms with Gasteiger partial charge in [-0.05, 0) is 23.8 Å². The Balaban J connectivity index is 0.00000264. The van der Waals surface area contributed by atoms with Crippen LogP contribution in [0.15, 0.2) is 22.7 Å². The fourth-order valence-corrected chi connectivity index (χ4v) is 2.91. The number of nitrogens with zero attached hydrogens (tertiary/aromatic N) is 1. The summed E-state index contributed by atoms with van der Waals surface area (Å²) < 4.78 is 78.7. The van der Waals surface area contributed by atoms with Gasteiger partial charge in [-0.15, -0.1) is 24.8 Å². The number of benzene rings is 1. The molecule has 140 valence electrons. The Labute approximate surface area is 155 Å². The standard InChI is InChI=1S/C13H13BrF6N2.2ClH/c14-10-2-1-8(12(15,16)17)7-9(10)11(13(18,19)20)22-5-3-21-4-6-22;;/h1-2,7,11,21H,3-6H2;2*1H/t11-;;/m0../s1. The molecule has 1 heterocycles. The van der Waals surface area contributed by atoms with Gasteiger partial charge in [0.15, 0.2) is 0 Å². The Hall–Kier alpha value is -0.220. The number of hydrogen-bond donors (Lipinski definition) is 1. The molecular formula is C13H15BrCl2F6N2. The fourth-order valence-electron chi connectivity index (χ4n) is 2.45. The van der Waals surface area contributed by atoms with Crippen molar-refractivity contribution < 1.29 is 26.3 Å². The second kappa shape index (κ2) is 8.93. The highest BCUT2D eigenvalue weighted by atomic mass is 79.9. The van der Waals surface area contributed by atoms with Crippen LogP contribution in [0.3, 0.4) is 0 Å². The largest absolute Gasteiger partial charge is 0.416 e. The van der Waals surface area contributed by atoms with Crippen LogP contribution in [-0.2, 0) is 6.18 Å². The number of piperazine rings is 1. The maximum atomic E-state index is 13.4. The molecule has 0 spiro atoms. The monoisotopic (exact) mass is 462 g/mol. The van der Waals surface area contributed by atoms with Gasteiger partial charge in [-0.25, -0.2) is 0 Å². The molecule has 0 radical (unpaired) electrons. The lowest BCUT2D eigenvalue weighted by Crippen LogP contribution is -2.49. The van der Waals surface area contributed by atoms with Crippen molar-refractivity contribution in [1.82, 2.24) is 10.2 Å². The zero-order valence-corrected chi connectivity index (χ0v) is 15.3. The van der Waals surface area contributed by atoms with Crippen molar-refractivity contribution in [3.8, 4) is 0 Å². The highest BCUT2D eigenvalue weighted by Gasteiger charge is 2.46. The van der Waals surface area contributed by atoms with E-state index in [9.17, 15) is 26.3 Å². The predicted molar refractivity (Wildman–Crippen MR) is 86.9 cm³/mol. The summed E-state index contributed by atoms with van der Waals surface area (Å²) in [6, 6.07) is 0.286. The average molecular weight is 464 g/mol. The van der Waals surface area contributed by atoms with E-state index in [1.165, 1.54) is 0 Å². The summed E-state index contributed by atoms with van der Waals surface area (Å²) in [5, 5.41) is 2.92. The van der Waals surface area contributed by atoms with E-state index in [1.54, 1.807) is 0 Å². The molecular weight excluding hydrogens is 449 g/mol. The van der Waals surface area contributed by atoms with Crippen molar-refractivity contribution in [3.63, 3.8) is 0 Å². The summed E-state index contributed by atoms with van der Waals surface area (Å²) >= 11 is 2.95. The van der Waals surface area contributed by atoms with Crippen LogP contribution in [0, 0.1) is 0 Å². The fraction of sp³-hybridized carbons (Fsp3) is 0.538. The van der Waals surface area contributed by atoms with E-state index in [0.29, 0.717) is 19.2 Å². The van der Waals surface area contributed by atoms with Crippen LogP contribution < -0.4 is 5.32 Å². The molecule has 0 bridgehead atoms. The molecule has 0 aromatic heterocycles. The van der Waals surface area contributed by atoms with E-state index in [1.807, 2.05) is 0 Å². The van der Waals surface area contributed by atoms with E-state index in [0.717, 1.165) is 17.0 Å². The first kappa shape index (κ1) is 23.8. The van der Waals surface area contributed by atoms with Crippen LogP contribution in [0.4, 0.5) is 26.3 Å². The zero-order valence-electron chi connectivity index (χ0n) is 12.0. The number of rotatable bonds is 2. The molecule has 24 heavy (non-hydrogen) atoms. The molecule has 1 aromatic carbocycles. The molecule has 0 unspecified atom stereocenters. The van der Waals surface area contributed by atoms with Gasteiger partial charge in [-0.2, -0.15) is 26.3 Å². The van der Waals surface area contributed by atoms with Gasteiger partial charge in [0.1, 0.15) is 6.04 Å². The SMILES string of the molecule is Cl.Cl.FC(F)(F)c1ccc(Br)c([C@H](N2CCNCC2)C(F)(F)F)c1.